The van der Waals surface area contributed by atoms with E-state index in [9.17, 15) is 4.79 Å². The molecule has 1 amide bonds. The molecule has 0 unspecified atom stereocenters. The summed E-state index contributed by atoms with van der Waals surface area (Å²) in [6.45, 7) is 5.77. The summed E-state index contributed by atoms with van der Waals surface area (Å²) in [7, 11) is 0. The van der Waals surface area contributed by atoms with E-state index in [1.165, 1.54) is 4.80 Å². The maximum absolute atomic E-state index is 11.8. The second-order valence-corrected chi connectivity index (χ2v) is 5.89. The number of carbonyl (C=O) groups is 1. The fraction of sp³-hybridized carbons (Fsp3) is 0.385. The van der Waals surface area contributed by atoms with Gasteiger partial charge in [-0.05, 0) is 38.1 Å². The molecule has 0 aliphatic carbocycles. The van der Waals surface area contributed by atoms with Gasteiger partial charge < -0.3 is 5.32 Å². The summed E-state index contributed by atoms with van der Waals surface area (Å²) < 4.78 is 0. The molecule has 1 aromatic carbocycles. The van der Waals surface area contributed by atoms with Crippen molar-refractivity contribution in [1.29, 1.82) is 0 Å². The number of benzene rings is 1. The molecule has 0 bridgehead atoms. The zero-order valence-electron chi connectivity index (χ0n) is 11.6. The zero-order valence-corrected chi connectivity index (χ0v) is 12.3. The Balaban J connectivity index is 2.08. The molecule has 20 heavy (non-hydrogen) atoms. The Hall–Kier alpha value is -1.95. The highest BCUT2D eigenvalue weighted by molar-refractivity contribution is 6.30. The van der Waals surface area contributed by atoms with Crippen LogP contribution in [0.5, 0.6) is 0 Å². The number of rotatable bonds is 3. The highest BCUT2D eigenvalue weighted by Crippen LogP contribution is 2.18. The van der Waals surface area contributed by atoms with Crippen molar-refractivity contribution >= 4 is 17.5 Å². The van der Waals surface area contributed by atoms with Crippen LogP contribution in [0.25, 0.3) is 11.4 Å². The third-order valence-corrected chi connectivity index (χ3v) is 2.57. The molecule has 2 aromatic rings. The first-order valence-electron chi connectivity index (χ1n) is 6.18. The van der Waals surface area contributed by atoms with Crippen molar-refractivity contribution in [2.24, 2.45) is 0 Å². The molecule has 1 aromatic heterocycles. The standard InChI is InChI=1S/C13H16ClN5O/c1-13(2,3)15-11(20)8-19-17-12(16-18-19)9-5-4-6-10(14)7-9/h4-7H,8H2,1-3H3,(H,15,20). The summed E-state index contributed by atoms with van der Waals surface area (Å²) in [5.74, 6) is 0.281. The number of tetrazole rings is 1. The van der Waals surface area contributed by atoms with Crippen LogP contribution in [-0.4, -0.2) is 31.7 Å². The summed E-state index contributed by atoms with van der Waals surface area (Å²) in [5.41, 5.74) is 0.480. The molecule has 1 heterocycles. The average molecular weight is 294 g/mol. The van der Waals surface area contributed by atoms with E-state index < -0.39 is 0 Å². The van der Waals surface area contributed by atoms with Gasteiger partial charge in [-0.15, -0.1) is 10.2 Å². The zero-order chi connectivity index (χ0) is 14.8. The van der Waals surface area contributed by atoms with Gasteiger partial charge in [0.1, 0.15) is 6.54 Å². The number of aromatic nitrogens is 4. The van der Waals surface area contributed by atoms with Gasteiger partial charge in [-0.3, -0.25) is 4.79 Å². The summed E-state index contributed by atoms with van der Waals surface area (Å²) in [5, 5.41) is 15.4. The smallest absolute Gasteiger partial charge is 0.244 e. The van der Waals surface area contributed by atoms with Crippen LogP contribution in [0.1, 0.15) is 20.8 Å². The number of carbonyl (C=O) groups excluding carboxylic acids is 1. The SMILES string of the molecule is CC(C)(C)NC(=O)Cn1nnc(-c2cccc(Cl)c2)n1. The first-order valence-corrected chi connectivity index (χ1v) is 6.56. The van der Waals surface area contributed by atoms with Crippen molar-refractivity contribution in [2.45, 2.75) is 32.9 Å². The highest BCUT2D eigenvalue weighted by atomic mass is 35.5. The van der Waals surface area contributed by atoms with E-state index in [-0.39, 0.29) is 18.0 Å². The molecule has 0 atom stereocenters. The van der Waals surface area contributed by atoms with Gasteiger partial charge in [0.05, 0.1) is 0 Å². The minimum absolute atomic E-state index is 0.0326. The molecular formula is C13H16ClN5O. The van der Waals surface area contributed by atoms with E-state index >= 15 is 0 Å². The number of nitrogens with zero attached hydrogens (tertiary/aromatic N) is 4. The van der Waals surface area contributed by atoms with Crippen molar-refractivity contribution in [2.75, 3.05) is 0 Å². The van der Waals surface area contributed by atoms with Crippen LogP contribution < -0.4 is 5.32 Å². The predicted octanol–water partition coefficient (Wildman–Crippen LogP) is 1.91. The lowest BCUT2D eigenvalue weighted by Crippen LogP contribution is -2.42. The van der Waals surface area contributed by atoms with Gasteiger partial charge in [0.25, 0.3) is 0 Å². The Bertz CT molecular complexity index is 617. The molecule has 0 aliphatic heterocycles. The summed E-state index contributed by atoms with van der Waals surface area (Å²) in [4.78, 5) is 13.0. The number of nitrogens with one attached hydrogen (secondary N) is 1. The lowest BCUT2D eigenvalue weighted by atomic mass is 10.1. The minimum atomic E-state index is -0.284. The molecule has 1 N–H and O–H groups in total. The van der Waals surface area contributed by atoms with Crippen LogP contribution in [0.4, 0.5) is 0 Å². The average Bonchev–Trinajstić information content (AvgIpc) is 2.74. The maximum Gasteiger partial charge on any atom is 0.244 e. The van der Waals surface area contributed by atoms with Crippen molar-refractivity contribution in [1.82, 2.24) is 25.5 Å². The molecule has 0 fully saturated rings. The topological polar surface area (TPSA) is 72.7 Å². The van der Waals surface area contributed by atoms with Crippen LogP contribution >= 0.6 is 11.6 Å². The summed E-state index contributed by atoms with van der Waals surface area (Å²) in [6.07, 6.45) is 0. The second kappa shape index (κ2) is 5.58. The molecule has 2 rings (SSSR count). The van der Waals surface area contributed by atoms with Crippen LogP contribution in [0.2, 0.25) is 5.02 Å². The molecule has 0 spiro atoms. The van der Waals surface area contributed by atoms with Gasteiger partial charge in [0.15, 0.2) is 0 Å². The maximum atomic E-state index is 11.8. The summed E-state index contributed by atoms with van der Waals surface area (Å²) >= 11 is 5.91. The van der Waals surface area contributed by atoms with Gasteiger partial charge in [-0.2, -0.15) is 4.80 Å². The third-order valence-electron chi connectivity index (χ3n) is 2.34. The Morgan fingerprint density at radius 2 is 2.15 bits per heavy atom. The minimum Gasteiger partial charge on any atom is -0.350 e. The van der Waals surface area contributed by atoms with Gasteiger partial charge in [-0.25, -0.2) is 0 Å². The van der Waals surface area contributed by atoms with Gasteiger partial charge in [0, 0.05) is 16.1 Å². The van der Waals surface area contributed by atoms with Gasteiger partial charge >= 0.3 is 0 Å². The quantitative estimate of drug-likeness (QED) is 0.938. The van der Waals surface area contributed by atoms with Crippen LogP contribution in [-0.2, 0) is 11.3 Å². The Morgan fingerprint density at radius 1 is 1.40 bits per heavy atom. The fourth-order valence-corrected chi connectivity index (χ4v) is 1.83. The number of hydrogen-bond acceptors (Lipinski definition) is 4. The molecule has 0 aliphatic rings. The van der Waals surface area contributed by atoms with Crippen LogP contribution in [0.3, 0.4) is 0 Å². The van der Waals surface area contributed by atoms with Crippen molar-refractivity contribution in [3.05, 3.63) is 29.3 Å². The van der Waals surface area contributed by atoms with E-state index in [4.69, 9.17) is 11.6 Å². The van der Waals surface area contributed by atoms with Crippen LogP contribution in [0.15, 0.2) is 24.3 Å². The number of halogens is 1. The van der Waals surface area contributed by atoms with Crippen molar-refractivity contribution < 1.29 is 4.79 Å². The molecule has 6 nitrogen and oxygen atoms in total. The fourth-order valence-electron chi connectivity index (χ4n) is 1.64. The normalized spacial score (nSPS) is 11.4. The summed E-state index contributed by atoms with van der Waals surface area (Å²) in [6, 6.07) is 7.16. The third kappa shape index (κ3) is 4.03. The molecule has 0 radical (unpaired) electrons. The van der Waals surface area contributed by atoms with E-state index in [1.807, 2.05) is 32.9 Å². The Morgan fingerprint density at radius 3 is 2.80 bits per heavy atom. The van der Waals surface area contributed by atoms with Crippen LogP contribution in [0, 0.1) is 0 Å². The Kier molecular flexibility index (Phi) is 4.04. The lowest BCUT2D eigenvalue weighted by molar-refractivity contribution is -0.123. The van der Waals surface area contributed by atoms with E-state index in [0.717, 1.165) is 5.56 Å². The highest BCUT2D eigenvalue weighted by Gasteiger charge is 2.15. The molecule has 7 heteroatoms. The first-order chi connectivity index (χ1) is 9.33. The second-order valence-electron chi connectivity index (χ2n) is 5.45. The van der Waals surface area contributed by atoms with Crippen molar-refractivity contribution in [3.63, 3.8) is 0 Å². The lowest BCUT2D eigenvalue weighted by Gasteiger charge is -2.19. The van der Waals surface area contributed by atoms with Gasteiger partial charge in [0.2, 0.25) is 11.7 Å². The number of amides is 1. The predicted molar refractivity (Wildman–Crippen MR) is 76.2 cm³/mol. The van der Waals surface area contributed by atoms with Gasteiger partial charge in [-0.1, -0.05) is 23.7 Å². The van der Waals surface area contributed by atoms with E-state index in [2.05, 4.69) is 20.7 Å². The number of hydrogen-bond donors (Lipinski definition) is 1. The Labute approximate surface area is 122 Å². The monoisotopic (exact) mass is 293 g/mol. The first kappa shape index (κ1) is 14.5. The molecule has 106 valence electrons. The largest absolute Gasteiger partial charge is 0.350 e. The molecular weight excluding hydrogens is 278 g/mol. The molecule has 0 saturated carbocycles. The van der Waals surface area contributed by atoms with E-state index in [1.54, 1.807) is 12.1 Å². The molecule has 0 saturated heterocycles. The van der Waals surface area contributed by atoms with Crippen molar-refractivity contribution in [3.8, 4) is 11.4 Å². The van der Waals surface area contributed by atoms with E-state index in [0.29, 0.717) is 10.8 Å².